The second-order valence-corrected chi connectivity index (χ2v) is 3.23. The third-order valence-corrected chi connectivity index (χ3v) is 2.06. The van der Waals surface area contributed by atoms with Gasteiger partial charge in [-0.3, -0.25) is 0 Å². The van der Waals surface area contributed by atoms with Crippen molar-refractivity contribution in [3.8, 4) is 12.3 Å². The Morgan fingerprint density at radius 2 is 1.79 bits per heavy atom. The van der Waals surface area contributed by atoms with Crippen LogP contribution < -0.4 is 0 Å². The monoisotopic (exact) mass is 190 g/mol. The fourth-order valence-electron chi connectivity index (χ4n) is 1.25. The summed E-state index contributed by atoms with van der Waals surface area (Å²) in [6, 6.07) is 9.52. The summed E-state index contributed by atoms with van der Waals surface area (Å²) in [7, 11) is 0. The van der Waals surface area contributed by atoms with Gasteiger partial charge >= 0.3 is 0 Å². The van der Waals surface area contributed by atoms with E-state index in [-0.39, 0.29) is 6.42 Å². The zero-order chi connectivity index (χ0) is 10.4. The molecule has 2 atom stereocenters. The number of hydrogen-bond acceptors (Lipinski definition) is 2. The molecule has 1 rings (SSSR count). The number of benzene rings is 1. The Morgan fingerprint density at radius 1 is 1.14 bits per heavy atom. The molecule has 2 nitrogen and oxygen atoms in total. The molecule has 0 aromatic heterocycles. The molecule has 0 radical (unpaired) electrons. The molecule has 2 N–H and O–H groups in total. The van der Waals surface area contributed by atoms with Crippen molar-refractivity contribution in [1.29, 1.82) is 0 Å². The molecular weight excluding hydrogens is 176 g/mol. The quantitative estimate of drug-likeness (QED) is 0.695. The van der Waals surface area contributed by atoms with E-state index >= 15 is 0 Å². The average molecular weight is 190 g/mol. The molecule has 74 valence electrons. The fraction of sp³-hybridized carbons (Fsp3) is 0.333. The van der Waals surface area contributed by atoms with Crippen molar-refractivity contribution in [3.63, 3.8) is 0 Å². The SMILES string of the molecule is C#CCC(O)C(O)Cc1ccccc1. The average Bonchev–Trinajstić information content (AvgIpc) is 2.19. The number of hydrogen-bond donors (Lipinski definition) is 2. The van der Waals surface area contributed by atoms with Gasteiger partial charge in [-0.05, 0) is 5.56 Å². The van der Waals surface area contributed by atoms with Crippen LogP contribution in [-0.2, 0) is 6.42 Å². The highest BCUT2D eigenvalue weighted by atomic mass is 16.3. The van der Waals surface area contributed by atoms with Crippen molar-refractivity contribution >= 4 is 0 Å². The largest absolute Gasteiger partial charge is 0.390 e. The molecule has 0 saturated carbocycles. The van der Waals surface area contributed by atoms with Gasteiger partial charge in [0, 0.05) is 12.8 Å². The lowest BCUT2D eigenvalue weighted by Gasteiger charge is -2.15. The van der Waals surface area contributed by atoms with Crippen LogP contribution in [0, 0.1) is 12.3 Å². The molecular formula is C12H14O2. The van der Waals surface area contributed by atoms with E-state index < -0.39 is 12.2 Å². The van der Waals surface area contributed by atoms with Crippen molar-refractivity contribution < 1.29 is 10.2 Å². The minimum atomic E-state index is -0.833. The summed E-state index contributed by atoms with van der Waals surface area (Å²) in [6.07, 6.45) is 4.05. The third-order valence-electron chi connectivity index (χ3n) is 2.06. The van der Waals surface area contributed by atoms with Crippen LogP contribution in [0.25, 0.3) is 0 Å². The third kappa shape index (κ3) is 3.21. The summed E-state index contributed by atoms with van der Waals surface area (Å²) in [4.78, 5) is 0. The molecule has 0 aliphatic rings. The zero-order valence-electron chi connectivity index (χ0n) is 7.93. The van der Waals surface area contributed by atoms with Crippen molar-refractivity contribution in [1.82, 2.24) is 0 Å². The van der Waals surface area contributed by atoms with Crippen LogP contribution in [0.1, 0.15) is 12.0 Å². The van der Waals surface area contributed by atoms with Gasteiger partial charge in [0.2, 0.25) is 0 Å². The van der Waals surface area contributed by atoms with Crippen LogP contribution >= 0.6 is 0 Å². The lowest BCUT2D eigenvalue weighted by molar-refractivity contribution is 0.0235. The number of terminal acetylenes is 1. The molecule has 0 amide bonds. The summed E-state index contributed by atoms with van der Waals surface area (Å²) in [5.74, 6) is 2.32. The van der Waals surface area contributed by atoms with E-state index in [1.165, 1.54) is 0 Å². The Kier molecular flexibility index (Phi) is 4.18. The highest BCUT2D eigenvalue weighted by Crippen LogP contribution is 2.07. The topological polar surface area (TPSA) is 40.5 Å². The van der Waals surface area contributed by atoms with Gasteiger partial charge in [-0.25, -0.2) is 0 Å². The maximum Gasteiger partial charge on any atom is 0.0911 e. The highest BCUT2D eigenvalue weighted by molar-refractivity contribution is 5.15. The second-order valence-electron chi connectivity index (χ2n) is 3.23. The van der Waals surface area contributed by atoms with E-state index in [9.17, 15) is 10.2 Å². The normalized spacial score (nSPS) is 14.4. The van der Waals surface area contributed by atoms with Crippen LogP contribution in [0.2, 0.25) is 0 Å². The van der Waals surface area contributed by atoms with E-state index in [1.807, 2.05) is 30.3 Å². The van der Waals surface area contributed by atoms with Crippen molar-refractivity contribution in [2.75, 3.05) is 0 Å². The molecule has 1 aromatic carbocycles. The Bertz CT molecular complexity index is 300. The van der Waals surface area contributed by atoms with Crippen LogP contribution in [0.3, 0.4) is 0 Å². The van der Waals surface area contributed by atoms with Crippen molar-refractivity contribution in [3.05, 3.63) is 35.9 Å². The van der Waals surface area contributed by atoms with E-state index in [0.29, 0.717) is 6.42 Å². The molecule has 0 bridgehead atoms. The predicted octanol–water partition coefficient (Wildman–Crippen LogP) is 0.974. The second kappa shape index (κ2) is 5.43. The molecule has 2 heteroatoms. The molecule has 0 spiro atoms. The first-order valence-electron chi connectivity index (χ1n) is 4.57. The summed E-state index contributed by atoms with van der Waals surface area (Å²) in [5, 5.41) is 18.9. The minimum absolute atomic E-state index is 0.188. The van der Waals surface area contributed by atoms with Gasteiger partial charge in [0.05, 0.1) is 12.2 Å². The van der Waals surface area contributed by atoms with Crippen LogP contribution in [0.5, 0.6) is 0 Å². The van der Waals surface area contributed by atoms with E-state index in [4.69, 9.17) is 6.42 Å². The van der Waals surface area contributed by atoms with Gasteiger partial charge < -0.3 is 10.2 Å². The van der Waals surface area contributed by atoms with E-state index in [2.05, 4.69) is 5.92 Å². The summed E-state index contributed by atoms with van der Waals surface area (Å²) in [6.45, 7) is 0. The fourth-order valence-corrected chi connectivity index (χ4v) is 1.25. The molecule has 0 heterocycles. The van der Waals surface area contributed by atoms with Crippen molar-refractivity contribution in [2.24, 2.45) is 0 Å². The van der Waals surface area contributed by atoms with Gasteiger partial charge in [-0.2, -0.15) is 0 Å². The number of aliphatic hydroxyl groups is 2. The number of aliphatic hydroxyl groups excluding tert-OH is 2. The minimum Gasteiger partial charge on any atom is -0.390 e. The van der Waals surface area contributed by atoms with Gasteiger partial charge in [0.1, 0.15) is 0 Å². The molecule has 0 aliphatic carbocycles. The lowest BCUT2D eigenvalue weighted by Crippen LogP contribution is -2.27. The first kappa shape index (κ1) is 10.8. The number of rotatable bonds is 4. The molecule has 0 fully saturated rings. The van der Waals surface area contributed by atoms with E-state index in [1.54, 1.807) is 0 Å². The highest BCUT2D eigenvalue weighted by Gasteiger charge is 2.14. The van der Waals surface area contributed by atoms with Crippen LogP contribution in [0.15, 0.2) is 30.3 Å². The first-order chi connectivity index (χ1) is 6.74. The maximum atomic E-state index is 9.56. The van der Waals surface area contributed by atoms with Crippen LogP contribution in [-0.4, -0.2) is 22.4 Å². The maximum absolute atomic E-state index is 9.56. The summed E-state index contributed by atoms with van der Waals surface area (Å²) < 4.78 is 0. The molecule has 0 saturated heterocycles. The van der Waals surface area contributed by atoms with Crippen molar-refractivity contribution in [2.45, 2.75) is 25.0 Å². The Morgan fingerprint density at radius 3 is 2.36 bits per heavy atom. The molecule has 1 aromatic rings. The Hall–Kier alpha value is -1.30. The first-order valence-corrected chi connectivity index (χ1v) is 4.57. The van der Waals surface area contributed by atoms with Gasteiger partial charge in [0.15, 0.2) is 0 Å². The molecule has 2 unspecified atom stereocenters. The van der Waals surface area contributed by atoms with Gasteiger partial charge in [-0.1, -0.05) is 30.3 Å². The van der Waals surface area contributed by atoms with Crippen LogP contribution in [0.4, 0.5) is 0 Å². The van der Waals surface area contributed by atoms with Gasteiger partial charge in [0.25, 0.3) is 0 Å². The molecule has 14 heavy (non-hydrogen) atoms. The Balaban J connectivity index is 2.49. The summed E-state index contributed by atoms with van der Waals surface area (Å²) >= 11 is 0. The predicted molar refractivity (Wildman–Crippen MR) is 55.6 cm³/mol. The van der Waals surface area contributed by atoms with Gasteiger partial charge in [-0.15, -0.1) is 12.3 Å². The molecule has 0 aliphatic heterocycles. The van der Waals surface area contributed by atoms with E-state index in [0.717, 1.165) is 5.56 Å². The standard InChI is InChI=1S/C12H14O2/c1-2-6-11(13)12(14)9-10-7-4-3-5-8-10/h1,3-5,7-8,11-14H,6,9H2. The lowest BCUT2D eigenvalue weighted by atomic mass is 10.0. The Labute approximate surface area is 84.2 Å². The smallest absolute Gasteiger partial charge is 0.0911 e. The zero-order valence-corrected chi connectivity index (χ0v) is 7.93. The summed E-state index contributed by atoms with van der Waals surface area (Å²) in [5.41, 5.74) is 0.996.